The highest BCUT2D eigenvalue weighted by molar-refractivity contribution is 5.81. The van der Waals surface area contributed by atoms with E-state index in [-0.39, 0.29) is 18.5 Å². The van der Waals surface area contributed by atoms with Gasteiger partial charge in [0.15, 0.2) is 0 Å². The first kappa shape index (κ1) is 14.2. The van der Waals surface area contributed by atoms with Crippen molar-refractivity contribution >= 4 is 17.7 Å². The molecule has 0 radical (unpaired) electrons. The standard InChI is InChI=1S/C11H20N6O/c1-4-17(7-10(18)14-8(2)3)9-5-6-13-11(15-9)16-12/h5-6,8H,4,7,12H2,1-3H3,(H,14,18)(H,13,15,16). The monoisotopic (exact) mass is 252 g/mol. The quantitative estimate of drug-likeness (QED) is 0.491. The molecule has 1 rings (SSSR count). The number of carbonyl (C=O) groups is 1. The van der Waals surface area contributed by atoms with E-state index in [9.17, 15) is 4.79 Å². The lowest BCUT2D eigenvalue weighted by Gasteiger charge is -2.22. The van der Waals surface area contributed by atoms with Crippen LogP contribution in [0.4, 0.5) is 11.8 Å². The van der Waals surface area contributed by atoms with Crippen LogP contribution in [0.1, 0.15) is 20.8 Å². The van der Waals surface area contributed by atoms with E-state index >= 15 is 0 Å². The van der Waals surface area contributed by atoms with E-state index in [1.54, 1.807) is 12.3 Å². The molecule has 4 N–H and O–H groups in total. The minimum Gasteiger partial charge on any atom is -0.352 e. The van der Waals surface area contributed by atoms with Gasteiger partial charge in [0.05, 0.1) is 6.54 Å². The van der Waals surface area contributed by atoms with Gasteiger partial charge in [-0.15, -0.1) is 0 Å². The third kappa shape index (κ3) is 4.17. The summed E-state index contributed by atoms with van der Waals surface area (Å²) in [4.78, 5) is 21.7. The van der Waals surface area contributed by atoms with Gasteiger partial charge in [-0.3, -0.25) is 10.2 Å². The van der Waals surface area contributed by atoms with Crippen molar-refractivity contribution in [3.8, 4) is 0 Å². The minimum absolute atomic E-state index is 0.0345. The summed E-state index contributed by atoms with van der Waals surface area (Å²) in [6.07, 6.45) is 1.60. The molecule has 0 spiro atoms. The molecule has 7 heteroatoms. The Hall–Kier alpha value is -1.89. The Balaban J connectivity index is 2.73. The molecule has 0 saturated carbocycles. The Morgan fingerprint density at radius 1 is 1.56 bits per heavy atom. The summed E-state index contributed by atoms with van der Waals surface area (Å²) in [6.45, 7) is 6.74. The van der Waals surface area contributed by atoms with E-state index in [0.29, 0.717) is 18.3 Å². The molecule has 1 aromatic heterocycles. The van der Waals surface area contributed by atoms with Crippen LogP contribution in [0.2, 0.25) is 0 Å². The maximum absolute atomic E-state index is 11.7. The highest BCUT2D eigenvalue weighted by Gasteiger charge is 2.12. The Morgan fingerprint density at radius 2 is 2.28 bits per heavy atom. The maximum atomic E-state index is 11.7. The smallest absolute Gasteiger partial charge is 0.239 e. The fourth-order valence-corrected chi connectivity index (χ4v) is 1.49. The van der Waals surface area contributed by atoms with E-state index < -0.39 is 0 Å². The molecule has 1 aromatic rings. The van der Waals surface area contributed by atoms with E-state index in [2.05, 4.69) is 20.7 Å². The summed E-state index contributed by atoms with van der Waals surface area (Å²) in [7, 11) is 0. The fraction of sp³-hybridized carbons (Fsp3) is 0.545. The van der Waals surface area contributed by atoms with Gasteiger partial charge in [-0.05, 0) is 26.8 Å². The van der Waals surface area contributed by atoms with Crippen molar-refractivity contribution in [2.45, 2.75) is 26.8 Å². The predicted octanol–water partition coefficient (Wildman–Crippen LogP) is 0.113. The first-order valence-corrected chi connectivity index (χ1v) is 5.90. The van der Waals surface area contributed by atoms with Crippen molar-refractivity contribution in [1.29, 1.82) is 0 Å². The normalized spacial score (nSPS) is 10.3. The van der Waals surface area contributed by atoms with Crippen molar-refractivity contribution in [2.75, 3.05) is 23.4 Å². The number of aromatic nitrogens is 2. The van der Waals surface area contributed by atoms with Gasteiger partial charge >= 0.3 is 0 Å². The Morgan fingerprint density at radius 3 is 2.83 bits per heavy atom. The minimum atomic E-state index is -0.0345. The molecule has 7 nitrogen and oxygen atoms in total. The Kier molecular flexibility index (Phi) is 5.31. The summed E-state index contributed by atoms with van der Waals surface area (Å²) in [5, 5.41) is 2.84. The molecule has 1 heterocycles. The second-order valence-corrected chi connectivity index (χ2v) is 4.12. The van der Waals surface area contributed by atoms with Crippen LogP contribution in [-0.2, 0) is 4.79 Å². The topological polar surface area (TPSA) is 96.2 Å². The Labute approximate surface area is 107 Å². The van der Waals surface area contributed by atoms with Crippen LogP contribution in [0.3, 0.4) is 0 Å². The zero-order chi connectivity index (χ0) is 13.5. The second-order valence-electron chi connectivity index (χ2n) is 4.12. The molecule has 0 aliphatic rings. The van der Waals surface area contributed by atoms with Gasteiger partial charge in [-0.25, -0.2) is 10.8 Å². The molecule has 18 heavy (non-hydrogen) atoms. The largest absolute Gasteiger partial charge is 0.352 e. The highest BCUT2D eigenvalue weighted by atomic mass is 16.2. The number of rotatable bonds is 6. The van der Waals surface area contributed by atoms with Crippen molar-refractivity contribution < 1.29 is 4.79 Å². The summed E-state index contributed by atoms with van der Waals surface area (Å²) in [6, 6.07) is 1.87. The number of likely N-dealkylation sites (N-methyl/N-ethyl adjacent to an activating group) is 1. The first-order valence-electron chi connectivity index (χ1n) is 5.90. The third-order valence-corrected chi connectivity index (χ3v) is 2.26. The molecule has 0 atom stereocenters. The zero-order valence-electron chi connectivity index (χ0n) is 11.0. The van der Waals surface area contributed by atoms with Gasteiger partial charge in [0.25, 0.3) is 0 Å². The molecule has 0 aliphatic carbocycles. The van der Waals surface area contributed by atoms with E-state index in [1.165, 1.54) is 0 Å². The molecule has 0 fully saturated rings. The SMILES string of the molecule is CCN(CC(=O)NC(C)C)c1ccnc(NN)n1. The van der Waals surface area contributed by atoms with Gasteiger partial charge < -0.3 is 10.2 Å². The number of nitrogen functional groups attached to an aromatic ring is 1. The van der Waals surface area contributed by atoms with Crippen molar-refractivity contribution in [1.82, 2.24) is 15.3 Å². The van der Waals surface area contributed by atoms with Crippen LogP contribution in [0, 0.1) is 0 Å². The van der Waals surface area contributed by atoms with Crippen LogP contribution in [0.15, 0.2) is 12.3 Å². The van der Waals surface area contributed by atoms with Crippen molar-refractivity contribution in [3.63, 3.8) is 0 Å². The molecular formula is C11H20N6O. The number of hydrogen-bond donors (Lipinski definition) is 3. The number of amides is 1. The number of hydrogen-bond acceptors (Lipinski definition) is 6. The number of anilines is 2. The average molecular weight is 252 g/mol. The lowest BCUT2D eigenvalue weighted by Crippen LogP contribution is -2.40. The van der Waals surface area contributed by atoms with Crippen LogP contribution in [0.5, 0.6) is 0 Å². The maximum Gasteiger partial charge on any atom is 0.239 e. The van der Waals surface area contributed by atoms with E-state index in [1.807, 2.05) is 25.7 Å². The lowest BCUT2D eigenvalue weighted by atomic mass is 10.3. The van der Waals surface area contributed by atoms with Gasteiger partial charge in [0.2, 0.25) is 11.9 Å². The number of nitrogens with zero attached hydrogens (tertiary/aromatic N) is 3. The summed E-state index contributed by atoms with van der Waals surface area (Å²) >= 11 is 0. The van der Waals surface area contributed by atoms with Gasteiger partial charge in [-0.2, -0.15) is 4.98 Å². The van der Waals surface area contributed by atoms with Crippen LogP contribution in [0.25, 0.3) is 0 Å². The molecule has 0 aromatic carbocycles. The molecule has 0 unspecified atom stereocenters. The van der Waals surface area contributed by atoms with Crippen LogP contribution < -0.4 is 21.5 Å². The average Bonchev–Trinajstić information content (AvgIpc) is 2.35. The number of hydrazine groups is 1. The molecule has 0 bridgehead atoms. The third-order valence-electron chi connectivity index (χ3n) is 2.26. The van der Waals surface area contributed by atoms with Crippen molar-refractivity contribution in [2.24, 2.45) is 5.84 Å². The molecule has 1 amide bonds. The van der Waals surface area contributed by atoms with Crippen LogP contribution >= 0.6 is 0 Å². The second kappa shape index (κ2) is 6.75. The van der Waals surface area contributed by atoms with E-state index in [4.69, 9.17) is 5.84 Å². The summed E-state index contributed by atoms with van der Waals surface area (Å²) in [5.41, 5.74) is 2.38. The van der Waals surface area contributed by atoms with E-state index in [0.717, 1.165) is 0 Å². The van der Waals surface area contributed by atoms with Gasteiger partial charge in [0, 0.05) is 18.8 Å². The number of nitrogens with one attached hydrogen (secondary N) is 2. The summed E-state index contributed by atoms with van der Waals surface area (Å²) in [5.74, 6) is 6.22. The van der Waals surface area contributed by atoms with Crippen molar-refractivity contribution in [3.05, 3.63) is 12.3 Å². The highest BCUT2D eigenvalue weighted by Crippen LogP contribution is 2.10. The number of carbonyl (C=O) groups excluding carboxylic acids is 1. The molecule has 100 valence electrons. The Bertz CT molecular complexity index is 395. The number of nitrogens with two attached hydrogens (primary N) is 1. The molecule has 0 aliphatic heterocycles. The lowest BCUT2D eigenvalue weighted by molar-refractivity contribution is -0.120. The summed E-state index contributed by atoms with van der Waals surface area (Å²) < 4.78 is 0. The zero-order valence-corrected chi connectivity index (χ0v) is 11.0. The fourth-order valence-electron chi connectivity index (χ4n) is 1.49. The molecular weight excluding hydrogens is 232 g/mol. The first-order chi connectivity index (χ1) is 8.56. The van der Waals surface area contributed by atoms with Crippen LogP contribution in [-0.4, -0.2) is 35.0 Å². The predicted molar refractivity (Wildman–Crippen MR) is 71.0 cm³/mol. The van der Waals surface area contributed by atoms with Gasteiger partial charge in [-0.1, -0.05) is 0 Å². The molecule has 0 saturated heterocycles. The van der Waals surface area contributed by atoms with Gasteiger partial charge in [0.1, 0.15) is 5.82 Å².